The van der Waals surface area contributed by atoms with E-state index in [4.69, 9.17) is 0 Å². The monoisotopic (exact) mass is 432 g/mol. The largest absolute Gasteiger partial charge is 0.324 e. The summed E-state index contributed by atoms with van der Waals surface area (Å²) in [5.74, 6) is -0.970. The van der Waals surface area contributed by atoms with Crippen molar-refractivity contribution in [2.45, 2.75) is 4.90 Å². The molecule has 0 radical (unpaired) electrons. The third kappa shape index (κ3) is 3.33. The van der Waals surface area contributed by atoms with Crippen LogP contribution in [0.15, 0.2) is 89.8 Å². The highest BCUT2D eigenvalue weighted by molar-refractivity contribution is 7.93. The Labute approximate surface area is 178 Å². The lowest BCUT2D eigenvalue weighted by atomic mass is 10.0. The van der Waals surface area contributed by atoms with Gasteiger partial charge in [-0.3, -0.25) is 9.10 Å². The maximum absolute atomic E-state index is 13.9. The summed E-state index contributed by atoms with van der Waals surface area (Å²) in [6.07, 6.45) is 0. The molecule has 4 aromatic rings. The van der Waals surface area contributed by atoms with Crippen LogP contribution in [0.5, 0.6) is 0 Å². The van der Waals surface area contributed by atoms with Crippen LogP contribution < -0.4 is 9.62 Å². The van der Waals surface area contributed by atoms with Gasteiger partial charge in [-0.15, -0.1) is 0 Å². The van der Waals surface area contributed by atoms with Gasteiger partial charge in [0, 0.05) is 16.8 Å². The number of sulfonamides is 1. The van der Waals surface area contributed by atoms with Crippen LogP contribution in [0.3, 0.4) is 0 Å². The Kier molecular flexibility index (Phi) is 4.48. The lowest BCUT2D eigenvalue weighted by Crippen LogP contribution is -2.40. The zero-order valence-electron chi connectivity index (χ0n) is 16.2. The Morgan fingerprint density at radius 1 is 0.839 bits per heavy atom. The van der Waals surface area contributed by atoms with E-state index >= 15 is 0 Å². The van der Waals surface area contributed by atoms with E-state index in [-0.39, 0.29) is 10.6 Å². The molecule has 5 rings (SSSR count). The number of hydrogen-bond donors (Lipinski definition) is 1. The highest BCUT2D eigenvalue weighted by Crippen LogP contribution is 2.43. The minimum atomic E-state index is -3.98. The molecule has 1 amide bonds. The first-order valence-electron chi connectivity index (χ1n) is 9.64. The Balaban J connectivity index is 1.50. The van der Waals surface area contributed by atoms with Crippen LogP contribution in [0.4, 0.5) is 15.8 Å². The highest BCUT2D eigenvalue weighted by Gasteiger charge is 2.36. The molecular weight excluding hydrogens is 415 g/mol. The average Bonchev–Trinajstić information content (AvgIpc) is 2.77. The molecule has 0 atom stereocenters. The average molecular weight is 432 g/mol. The zero-order chi connectivity index (χ0) is 21.6. The number of rotatable bonds is 3. The van der Waals surface area contributed by atoms with Crippen molar-refractivity contribution in [1.82, 2.24) is 0 Å². The van der Waals surface area contributed by atoms with Gasteiger partial charge in [-0.25, -0.2) is 12.8 Å². The van der Waals surface area contributed by atoms with Crippen molar-refractivity contribution < 1.29 is 17.6 Å². The molecule has 1 N–H and O–H groups in total. The number of nitrogens with one attached hydrogen (secondary N) is 1. The molecule has 5 nitrogen and oxygen atoms in total. The summed E-state index contributed by atoms with van der Waals surface area (Å²) in [4.78, 5) is 12.8. The van der Waals surface area contributed by atoms with E-state index in [0.717, 1.165) is 15.1 Å². The molecule has 1 heterocycles. The third-order valence-electron chi connectivity index (χ3n) is 5.29. The molecule has 4 aromatic carbocycles. The van der Waals surface area contributed by atoms with E-state index in [2.05, 4.69) is 5.32 Å². The van der Waals surface area contributed by atoms with Crippen LogP contribution in [0, 0.1) is 5.82 Å². The highest BCUT2D eigenvalue weighted by atomic mass is 32.2. The predicted octanol–water partition coefficient (Wildman–Crippen LogP) is 4.79. The number of hydrogen-bond acceptors (Lipinski definition) is 3. The van der Waals surface area contributed by atoms with E-state index in [0.29, 0.717) is 16.8 Å². The van der Waals surface area contributed by atoms with Crippen LogP contribution in [0.2, 0.25) is 0 Å². The van der Waals surface area contributed by atoms with Crippen LogP contribution in [0.25, 0.3) is 21.9 Å². The number of halogens is 1. The van der Waals surface area contributed by atoms with Gasteiger partial charge in [0.15, 0.2) is 0 Å². The first-order chi connectivity index (χ1) is 14.9. The zero-order valence-corrected chi connectivity index (χ0v) is 17.1. The summed E-state index contributed by atoms with van der Waals surface area (Å²) in [6.45, 7) is -0.428. The summed E-state index contributed by atoms with van der Waals surface area (Å²) in [5, 5.41) is 4.76. The Morgan fingerprint density at radius 3 is 2.42 bits per heavy atom. The van der Waals surface area contributed by atoms with Gasteiger partial charge in [-0.1, -0.05) is 48.5 Å². The van der Waals surface area contributed by atoms with Gasteiger partial charge in [-0.2, -0.15) is 0 Å². The van der Waals surface area contributed by atoms with E-state index in [9.17, 15) is 17.6 Å². The molecule has 0 aromatic heterocycles. The SMILES string of the molecule is O=C(CN1c2ccc(F)cc2-c2ccccc2S1(=O)=O)Nc1ccc2ccccc2c1. The fraction of sp³-hybridized carbons (Fsp3) is 0.0417. The van der Waals surface area contributed by atoms with Crippen molar-refractivity contribution in [2.24, 2.45) is 0 Å². The molecule has 0 saturated carbocycles. The van der Waals surface area contributed by atoms with Crippen molar-refractivity contribution in [1.29, 1.82) is 0 Å². The van der Waals surface area contributed by atoms with Crippen LogP contribution in [-0.4, -0.2) is 20.9 Å². The Bertz CT molecular complexity index is 1450. The molecule has 7 heteroatoms. The number of carbonyl (C=O) groups is 1. The topological polar surface area (TPSA) is 66.5 Å². The second-order valence-corrected chi connectivity index (χ2v) is 9.11. The van der Waals surface area contributed by atoms with Crippen LogP contribution in [0.1, 0.15) is 0 Å². The molecule has 1 aliphatic rings. The van der Waals surface area contributed by atoms with Gasteiger partial charge in [0.05, 0.1) is 10.6 Å². The van der Waals surface area contributed by atoms with Crippen molar-refractivity contribution in [3.05, 3.63) is 90.7 Å². The molecule has 31 heavy (non-hydrogen) atoms. The van der Waals surface area contributed by atoms with Crippen molar-refractivity contribution >= 4 is 38.1 Å². The lowest BCUT2D eigenvalue weighted by Gasteiger charge is -2.31. The molecule has 0 spiro atoms. The molecular formula is C24H17FN2O3S. The predicted molar refractivity (Wildman–Crippen MR) is 119 cm³/mol. The molecule has 0 bridgehead atoms. The number of benzene rings is 4. The summed E-state index contributed by atoms with van der Waals surface area (Å²) < 4.78 is 41.5. The van der Waals surface area contributed by atoms with Crippen molar-refractivity contribution in [3.63, 3.8) is 0 Å². The Hall–Kier alpha value is -3.71. The first kappa shape index (κ1) is 19.3. The standard InChI is InChI=1S/C24H17FN2O3S/c25-18-10-12-22-21(14-18)20-7-3-4-8-23(20)31(29,30)27(22)15-24(28)26-19-11-9-16-5-1-2-6-17(16)13-19/h1-14H,15H2,(H,26,28). The fourth-order valence-electron chi connectivity index (χ4n) is 3.87. The smallest absolute Gasteiger partial charge is 0.265 e. The lowest BCUT2D eigenvalue weighted by molar-refractivity contribution is -0.114. The van der Waals surface area contributed by atoms with E-state index in [1.54, 1.807) is 24.3 Å². The minimum absolute atomic E-state index is 0.0478. The number of amides is 1. The normalized spacial score (nSPS) is 14.0. The van der Waals surface area contributed by atoms with Gasteiger partial charge in [0.2, 0.25) is 5.91 Å². The molecule has 154 valence electrons. The van der Waals surface area contributed by atoms with Crippen LogP contribution in [-0.2, 0) is 14.8 Å². The van der Waals surface area contributed by atoms with Crippen molar-refractivity contribution in [3.8, 4) is 11.1 Å². The molecule has 0 fully saturated rings. The van der Waals surface area contributed by atoms with Gasteiger partial charge in [-0.05, 0) is 47.2 Å². The fourth-order valence-corrected chi connectivity index (χ4v) is 5.52. The minimum Gasteiger partial charge on any atom is -0.324 e. The second-order valence-electron chi connectivity index (χ2n) is 7.28. The summed E-state index contributed by atoms with van der Waals surface area (Å²) >= 11 is 0. The van der Waals surface area contributed by atoms with Gasteiger partial charge in [0.1, 0.15) is 12.4 Å². The quantitative estimate of drug-likeness (QED) is 0.506. The second kappa shape index (κ2) is 7.21. The molecule has 0 saturated heterocycles. The van der Waals surface area contributed by atoms with Crippen LogP contribution >= 0.6 is 0 Å². The van der Waals surface area contributed by atoms with E-state index in [1.807, 2.05) is 36.4 Å². The number of carbonyl (C=O) groups excluding carboxylic acids is 1. The Morgan fingerprint density at radius 2 is 1.58 bits per heavy atom. The maximum atomic E-state index is 13.9. The number of anilines is 2. The first-order valence-corrected chi connectivity index (χ1v) is 11.1. The van der Waals surface area contributed by atoms with E-state index < -0.39 is 28.3 Å². The number of fused-ring (bicyclic) bond motifs is 4. The molecule has 0 unspecified atom stereocenters. The van der Waals surface area contributed by atoms with Crippen molar-refractivity contribution in [2.75, 3.05) is 16.2 Å². The number of nitrogens with zero attached hydrogens (tertiary/aromatic N) is 1. The third-order valence-corrected chi connectivity index (χ3v) is 7.11. The van der Waals surface area contributed by atoms with Gasteiger partial charge in [0.25, 0.3) is 10.0 Å². The summed E-state index contributed by atoms with van der Waals surface area (Å²) in [7, 11) is -3.98. The maximum Gasteiger partial charge on any atom is 0.265 e. The van der Waals surface area contributed by atoms with Gasteiger partial charge < -0.3 is 5.32 Å². The summed E-state index contributed by atoms with van der Waals surface area (Å²) in [5.41, 5.74) is 1.69. The molecule has 1 aliphatic heterocycles. The van der Waals surface area contributed by atoms with E-state index in [1.165, 1.54) is 24.3 Å². The summed E-state index contributed by atoms with van der Waals surface area (Å²) in [6, 6.07) is 23.5. The van der Waals surface area contributed by atoms with Gasteiger partial charge >= 0.3 is 0 Å². The molecule has 0 aliphatic carbocycles.